The van der Waals surface area contributed by atoms with Crippen LogP contribution in [0.4, 0.5) is 0 Å². The van der Waals surface area contributed by atoms with Gasteiger partial charge in [0, 0.05) is 38.7 Å². The van der Waals surface area contributed by atoms with Crippen molar-refractivity contribution < 1.29 is 4.79 Å². The summed E-state index contributed by atoms with van der Waals surface area (Å²) in [4.78, 5) is 16.3. The molecule has 1 aromatic rings. The Balaban J connectivity index is 1.73. The van der Waals surface area contributed by atoms with Crippen LogP contribution in [-0.4, -0.2) is 28.4 Å². The van der Waals surface area contributed by atoms with Gasteiger partial charge in [0.2, 0.25) is 0 Å². The highest BCUT2D eigenvalue weighted by molar-refractivity contribution is 5.78. The molecule has 0 amide bonds. The summed E-state index contributed by atoms with van der Waals surface area (Å²) < 4.78 is 1.99. The molecule has 1 aliphatic heterocycles. The van der Waals surface area contributed by atoms with Crippen molar-refractivity contribution in [2.45, 2.75) is 39.0 Å². The summed E-state index contributed by atoms with van der Waals surface area (Å²) in [6.45, 7) is 4.43. The van der Waals surface area contributed by atoms with E-state index in [4.69, 9.17) is 0 Å². The van der Waals surface area contributed by atoms with Gasteiger partial charge in [-0.25, -0.2) is 4.98 Å². The predicted octanol–water partition coefficient (Wildman–Crippen LogP) is 1.95. The van der Waals surface area contributed by atoms with Crippen molar-refractivity contribution in [1.82, 2.24) is 14.9 Å². The molecular formula is C15H25N3O. The first-order valence-electron chi connectivity index (χ1n) is 7.35. The van der Waals surface area contributed by atoms with Gasteiger partial charge in [-0.2, -0.15) is 0 Å². The van der Waals surface area contributed by atoms with E-state index in [0.29, 0.717) is 24.0 Å². The van der Waals surface area contributed by atoms with Crippen LogP contribution in [-0.2, 0) is 18.3 Å². The largest absolute Gasteiger partial charge is 0.338 e. The molecule has 4 heteroatoms. The number of imidazole rings is 1. The average Bonchev–Trinajstić information content (AvgIpc) is 2.83. The lowest BCUT2D eigenvalue weighted by molar-refractivity contribution is -0.120. The van der Waals surface area contributed by atoms with Gasteiger partial charge in [-0.05, 0) is 37.8 Å². The number of Topliss-reactive ketones (excluding diaryl/α,β-unsaturated/α-hetero) is 1. The lowest BCUT2D eigenvalue weighted by atomic mass is 9.84. The van der Waals surface area contributed by atoms with Crippen LogP contribution in [0.2, 0.25) is 0 Å². The van der Waals surface area contributed by atoms with Gasteiger partial charge < -0.3 is 9.88 Å². The molecule has 2 heterocycles. The molecule has 0 aromatic carbocycles. The molecular weight excluding hydrogens is 238 g/mol. The molecule has 0 radical (unpaired) electrons. The minimum absolute atomic E-state index is 0.376. The van der Waals surface area contributed by atoms with Gasteiger partial charge in [0.15, 0.2) is 0 Å². The summed E-state index contributed by atoms with van der Waals surface area (Å²) in [5.41, 5.74) is 0. The van der Waals surface area contributed by atoms with E-state index in [1.165, 1.54) is 12.8 Å². The van der Waals surface area contributed by atoms with Crippen LogP contribution in [0, 0.1) is 11.8 Å². The lowest BCUT2D eigenvalue weighted by Gasteiger charge is -2.28. The molecule has 0 spiro atoms. The zero-order valence-electron chi connectivity index (χ0n) is 12.1. The van der Waals surface area contributed by atoms with Gasteiger partial charge >= 0.3 is 0 Å². The number of hydrogen-bond acceptors (Lipinski definition) is 3. The third-order valence-electron chi connectivity index (χ3n) is 4.24. The van der Waals surface area contributed by atoms with Gasteiger partial charge in [0.25, 0.3) is 0 Å². The summed E-state index contributed by atoms with van der Waals surface area (Å²) in [5, 5.41) is 3.43. The Morgan fingerprint density at radius 3 is 3.11 bits per heavy atom. The van der Waals surface area contributed by atoms with Crippen LogP contribution in [0.1, 0.15) is 38.4 Å². The monoisotopic (exact) mass is 263 g/mol. The molecule has 2 rings (SSSR count). The third-order valence-corrected chi connectivity index (χ3v) is 4.24. The first-order chi connectivity index (χ1) is 9.16. The van der Waals surface area contributed by atoms with Crippen molar-refractivity contribution in [3.8, 4) is 0 Å². The maximum absolute atomic E-state index is 12.0. The van der Waals surface area contributed by atoms with Crippen LogP contribution in [0.25, 0.3) is 0 Å². The molecule has 1 N–H and O–H groups in total. The fourth-order valence-electron chi connectivity index (χ4n) is 2.88. The SMILES string of the molecule is CC(CC(=O)CCc1nccn1C)C1CCCNC1. The molecule has 2 unspecified atom stereocenters. The van der Waals surface area contributed by atoms with E-state index in [1.54, 1.807) is 6.20 Å². The van der Waals surface area contributed by atoms with Crippen LogP contribution in [0.3, 0.4) is 0 Å². The van der Waals surface area contributed by atoms with Gasteiger partial charge in [-0.1, -0.05) is 6.92 Å². The molecule has 4 nitrogen and oxygen atoms in total. The molecule has 1 aliphatic rings. The third kappa shape index (κ3) is 4.16. The summed E-state index contributed by atoms with van der Waals surface area (Å²) >= 11 is 0. The van der Waals surface area contributed by atoms with Crippen molar-refractivity contribution in [3.63, 3.8) is 0 Å². The Labute approximate surface area is 115 Å². The van der Waals surface area contributed by atoms with Gasteiger partial charge in [-0.15, -0.1) is 0 Å². The molecule has 19 heavy (non-hydrogen) atoms. The van der Waals surface area contributed by atoms with E-state index in [0.717, 1.165) is 31.8 Å². The number of piperidine rings is 1. The number of nitrogens with zero attached hydrogens (tertiary/aromatic N) is 2. The standard InChI is InChI=1S/C15H25N3O/c1-12(13-4-3-7-16-11-13)10-14(19)5-6-15-17-8-9-18(15)2/h8-9,12-13,16H,3-7,10-11H2,1-2H3. The first-order valence-corrected chi connectivity index (χ1v) is 7.35. The zero-order chi connectivity index (χ0) is 13.7. The molecule has 106 valence electrons. The fourth-order valence-corrected chi connectivity index (χ4v) is 2.88. The highest BCUT2D eigenvalue weighted by Crippen LogP contribution is 2.23. The number of rotatable bonds is 6. The minimum Gasteiger partial charge on any atom is -0.338 e. The van der Waals surface area contributed by atoms with Crippen LogP contribution in [0.5, 0.6) is 0 Å². The molecule has 0 saturated carbocycles. The number of hydrogen-bond donors (Lipinski definition) is 1. The van der Waals surface area contributed by atoms with E-state index in [9.17, 15) is 4.79 Å². The van der Waals surface area contributed by atoms with Gasteiger partial charge in [-0.3, -0.25) is 4.79 Å². The van der Waals surface area contributed by atoms with Crippen LogP contribution in [0.15, 0.2) is 12.4 Å². The summed E-state index contributed by atoms with van der Waals surface area (Å²) in [7, 11) is 1.98. The van der Waals surface area contributed by atoms with E-state index >= 15 is 0 Å². The predicted molar refractivity (Wildman–Crippen MR) is 75.9 cm³/mol. The lowest BCUT2D eigenvalue weighted by Crippen LogP contribution is -2.34. The topological polar surface area (TPSA) is 46.9 Å². The van der Waals surface area contributed by atoms with Crippen LogP contribution >= 0.6 is 0 Å². The Bertz CT molecular complexity index is 407. The number of nitrogens with one attached hydrogen (secondary N) is 1. The number of aromatic nitrogens is 2. The van der Waals surface area contributed by atoms with Crippen LogP contribution < -0.4 is 5.32 Å². The fraction of sp³-hybridized carbons (Fsp3) is 0.733. The number of aryl methyl sites for hydroxylation is 2. The van der Waals surface area contributed by atoms with E-state index in [2.05, 4.69) is 17.2 Å². The zero-order valence-corrected chi connectivity index (χ0v) is 12.1. The molecule has 0 bridgehead atoms. The maximum atomic E-state index is 12.0. The second-order valence-corrected chi connectivity index (χ2v) is 5.78. The Morgan fingerprint density at radius 2 is 2.47 bits per heavy atom. The minimum atomic E-state index is 0.376. The normalized spacial score (nSPS) is 21.3. The molecule has 1 aromatic heterocycles. The van der Waals surface area contributed by atoms with Crippen molar-refractivity contribution in [2.75, 3.05) is 13.1 Å². The smallest absolute Gasteiger partial charge is 0.133 e. The van der Waals surface area contributed by atoms with E-state index in [1.807, 2.05) is 17.8 Å². The molecule has 2 atom stereocenters. The van der Waals surface area contributed by atoms with E-state index in [-0.39, 0.29) is 0 Å². The Kier molecular flexibility index (Phi) is 5.14. The van der Waals surface area contributed by atoms with Crippen molar-refractivity contribution in [2.24, 2.45) is 18.9 Å². The number of carbonyl (C=O) groups excluding carboxylic acids is 1. The number of ketones is 1. The van der Waals surface area contributed by atoms with Crippen molar-refractivity contribution in [3.05, 3.63) is 18.2 Å². The Morgan fingerprint density at radius 1 is 1.63 bits per heavy atom. The highest BCUT2D eigenvalue weighted by Gasteiger charge is 2.21. The Hall–Kier alpha value is -1.16. The first kappa shape index (κ1) is 14.3. The molecule has 1 fully saturated rings. The summed E-state index contributed by atoms with van der Waals surface area (Å²) in [6, 6.07) is 0. The van der Waals surface area contributed by atoms with Crippen molar-refractivity contribution >= 4 is 5.78 Å². The summed E-state index contributed by atoms with van der Waals surface area (Å²) in [6.07, 6.45) is 8.33. The molecule has 0 aliphatic carbocycles. The van der Waals surface area contributed by atoms with Gasteiger partial charge in [0.1, 0.15) is 11.6 Å². The maximum Gasteiger partial charge on any atom is 0.133 e. The molecule has 1 saturated heterocycles. The highest BCUT2D eigenvalue weighted by atomic mass is 16.1. The van der Waals surface area contributed by atoms with Gasteiger partial charge in [0.05, 0.1) is 0 Å². The second kappa shape index (κ2) is 6.85. The quantitative estimate of drug-likeness (QED) is 0.853. The van der Waals surface area contributed by atoms with E-state index < -0.39 is 0 Å². The average molecular weight is 263 g/mol. The summed E-state index contributed by atoms with van der Waals surface area (Å²) in [5.74, 6) is 2.55. The second-order valence-electron chi connectivity index (χ2n) is 5.78. The van der Waals surface area contributed by atoms with Crippen molar-refractivity contribution in [1.29, 1.82) is 0 Å². The number of carbonyl (C=O) groups is 1.